The van der Waals surface area contributed by atoms with E-state index in [2.05, 4.69) is 287 Å². The summed E-state index contributed by atoms with van der Waals surface area (Å²) in [5, 5.41) is 0. The summed E-state index contributed by atoms with van der Waals surface area (Å²) >= 11 is 0. The molecule has 82 heavy (non-hydrogen) atoms. The van der Waals surface area contributed by atoms with E-state index in [1.807, 2.05) is 18.2 Å². The fourth-order valence-corrected chi connectivity index (χ4v) is 13.4. The Hall–Kier alpha value is -9.98. The van der Waals surface area contributed by atoms with Crippen LogP contribution in [0.4, 0.5) is 51.2 Å². The van der Waals surface area contributed by atoms with E-state index in [0.717, 1.165) is 62.1 Å². The highest BCUT2D eigenvalue weighted by atomic mass is 15.2. The summed E-state index contributed by atoms with van der Waals surface area (Å²) in [5.74, 6) is 0. The molecule has 0 saturated heterocycles. The van der Waals surface area contributed by atoms with Crippen molar-refractivity contribution in [2.75, 3.05) is 14.7 Å². The molecule has 0 saturated carbocycles. The van der Waals surface area contributed by atoms with Crippen molar-refractivity contribution in [1.29, 1.82) is 0 Å². The zero-order valence-corrected chi connectivity index (χ0v) is 46.8. The van der Waals surface area contributed by atoms with Gasteiger partial charge in [-0.05, 0) is 106 Å². The highest BCUT2D eigenvalue weighted by molar-refractivity contribution is 5.93. The number of benzene rings is 10. The number of hydrogen-bond donors (Lipinski definition) is 0. The van der Waals surface area contributed by atoms with E-state index in [4.69, 9.17) is 19.9 Å². The lowest BCUT2D eigenvalue weighted by atomic mass is 9.73. The monoisotopic (exact) mass is 1060 g/mol. The molecule has 394 valence electrons. The van der Waals surface area contributed by atoms with Gasteiger partial charge >= 0.3 is 0 Å². The molecule has 3 aliphatic rings. The Morgan fingerprint density at radius 2 is 0.415 bits per heavy atom. The van der Waals surface area contributed by atoms with Gasteiger partial charge in [-0.15, -0.1) is 0 Å². The Morgan fingerprint density at radius 3 is 0.646 bits per heavy atom. The molecule has 12 aromatic rings. The summed E-state index contributed by atoms with van der Waals surface area (Å²) in [6.07, 6.45) is 0. The lowest BCUT2D eigenvalue weighted by Gasteiger charge is -2.42. The fourth-order valence-electron chi connectivity index (χ4n) is 13.4. The van der Waals surface area contributed by atoms with Crippen LogP contribution >= 0.6 is 0 Å². The molecule has 7 nitrogen and oxygen atoms in total. The minimum absolute atomic E-state index is 0.159. The predicted molar refractivity (Wildman–Crippen MR) is 337 cm³/mol. The van der Waals surface area contributed by atoms with Crippen LogP contribution in [0.5, 0.6) is 0 Å². The summed E-state index contributed by atoms with van der Waals surface area (Å²) in [4.78, 5) is 29.2. The van der Waals surface area contributed by atoms with Crippen LogP contribution in [0.25, 0.3) is 56.3 Å². The van der Waals surface area contributed by atoms with Crippen LogP contribution in [0.1, 0.15) is 74.9 Å². The molecular formula is C75H59N7. The summed E-state index contributed by atoms with van der Waals surface area (Å²) in [6.45, 7) is 13.9. The van der Waals surface area contributed by atoms with Crippen LogP contribution in [0.3, 0.4) is 0 Å². The van der Waals surface area contributed by atoms with Crippen LogP contribution in [0.2, 0.25) is 0 Å². The second kappa shape index (κ2) is 18.5. The molecule has 0 aliphatic carbocycles. The van der Waals surface area contributed by atoms with E-state index in [-0.39, 0.29) is 16.2 Å². The van der Waals surface area contributed by atoms with Gasteiger partial charge < -0.3 is 14.7 Å². The Balaban J connectivity index is 0.886. The second-order valence-electron chi connectivity index (χ2n) is 23.5. The Labute approximate surface area is 479 Å². The van der Waals surface area contributed by atoms with Gasteiger partial charge in [-0.3, -0.25) is 0 Å². The van der Waals surface area contributed by atoms with Crippen LogP contribution in [-0.4, -0.2) is 19.9 Å². The van der Waals surface area contributed by atoms with Crippen LogP contribution < -0.4 is 14.7 Å². The van der Waals surface area contributed by atoms with Crippen molar-refractivity contribution in [3.63, 3.8) is 0 Å². The van der Waals surface area contributed by atoms with Gasteiger partial charge in [-0.25, -0.2) is 19.9 Å². The summed E-state index contributed by atoms with van der Waals surface area (Å²) < 4.78 is 0. The first kappa shape index (κ1) is 49.1. The Morgan fingerprint density at radius 1 is 0.220 bits per heavy atom. The van der Waals surface area contributed by atoms with Crippen LogP contribution in [-0.2, 0) is 16.2 Å². The molecule has 0 fully saturated rings. The van der Waals surface area contributed by atoms with Crippen LogP contribution in [0.15, 0.2) is 249 Å². The van der Waals surface area contributed by atoms with Crippen molar-refractivity contribution in [3.8, 4) is 45.0 Å². The molecule has 0 bridgehead atoms. The van der Waals surface area contributed by atoms with Gasteiger partial charge in [-0.2, -0.15) is 0 Å². The summed E-state index contributed by atoms with van der Waals surface area (Å²) in [5.41, 5.74) is 25.0. The maximum atomic E-state index is 5.55. The van der Waals surface area contributed by atoms with E-state index in [1.54, 1.807) is 0 Å². The van der Waals surface area contributed by atoms with Gasteiger partial charge in [0, 0.05) is 55.6 Å². The maximum absolute atomic E-state index is 5.55. The molecule has 7 heteroatoms. The summed E-state index contributed by atoms with van der Waals surface area (Å²) in [7, 11) is 0. The fraction of sp³-hybridized carbons (Fsp3) is 0.120. The standard InChI is InChI=1S/C75H59N7/c1-73(2)55-24-10-16-30-61(55)80(62-31-17-11-25-56(62)73)52-42-36-49(37-43-52)68-67(48-22-8-7-9-23-48)76-71-72(77-68)79-70(51-40-46-54(47-41-51)82-65-34-20-14-28-59(65)75(5,6)60-29-15-21-35-66(60)82)69(78-71)50-38-44-53(45-39-50)81-63-32-18-12-26-57(63)74(3,4)58-27-13-19-33-64(58)81/h7-47H,1-6H3. The first-order valence-electron chi connectivity index (χ1n) is 28.4. The number of anilines is 9. The molecule has 5 heterocycles. The van der Waals surface area contributed by atoms with Gasteiger partial charge in [0.25, 0.3) is 0 Å². The van der Waals surface area contributed by atoms with E-state index in [1.165, 1.54) is 67.5 Å². The van der Waals surface area contributed by atoms with Gasteiger partial charge in [0.15, 0.2) is 11.3 Å². The van der Waals surface area contributed by atoms with Gasteiger partial charge in [0.2, 0.25) is 0 Å². The zero-order chi connectivity index (χ0) is 55.5. The number of nitrogens with zero attached hydrogens (tertiary/aromatic N) is 7. The molecule has 3 aliphatic heterocycles. The van der Waals surface area contributed by atoms with Crippen molar-refractivity contribution >= 4 is 62.5 Å². The lowest BCUT2D eigenvalue weighted by molar-refractivity contribution is 0.632. The highest BCUT2D eigenvalue weighted by Crippen LogP contribution is 2.55. The maximum Gasteiger partial charge on any atom is 0.199 e. The zero-order valence-electron chi connectivity index (χ0n) is 46.8. The largest absolute Gasteiger partial charge is 0.310 e. The molecule has 0 atom stereocenters. The van der Waals surface area contributed by atoms with E-state index in [9.17, 15) is 0 Å². The van der Waals surface area contributed by atoms with Gasteiger partial charge in [0.05, 0.1) is 56.9 Å². The molecule has 0 N–H and O–H groups in total. The van der Waals surface area contributed by atoms with Crippen LogP contribution in [0, 0.1) is 0 Å². The molecular weight excluding hydrogens is 999 g/mol. The molecule has 0 radical (unpaired) electrons. The van der Waals surface area contributed by atoms with Crippen molar-refractivity contribution < 1.29 is 0 Å². The minimum atomic E-state index is -0.169. The first-order valence-corrected chi connectivity index (χ1v) is 28.4. The third kappa shape index (κ3) is 7.56. The topological polar surface area (TPSA) is 61.3 Å². The average molecular weight is 1060 g/mol. The van der Waals surface area contributed by atoms with E-state index in [0.29, 0.717) is 11.3 Å². The van der Waals surface area contributed by atoms with Crippen molar-refractivity contribution in [3.05, 3.63) is 282 Å². The normalized spacial score (nSPS) is 14.9. The molecule has 0 amide bonds. The van der Waals surface area contributed by atoms with Crippen molar-refractivity contribution in [2.24, 2.45) is 0 Å². The number of fused-ring (bicyclic) bond motifs is 7. The van der Waals surface area contributed by atoms with E-state index >= 15 is 0 Å². The van der Waals surface area contributed by atoms with Crippen molar-refractivity contribution in [2.45, 2.75) is 57.8 Å². The number of hydrogen-bond acceptors (Lipinski definition) is 7. The SMILES string of the molecule is CC1(C)c2ccccc2N(c2ccc(-c3nc4nc(-c5ccc(N6c7ccccc7C(C)(C)c7ccccc76)cc5)c(-c5ccc(N6c7ccccc7C(C)(C)c7ccccc76)cc5)nc4nc3-c3ccccc3)cc2)c2ccccc21. The summed E-state index contributed by atoms with van der Waals surface area (Å²) in [6, 6.07) is 89.3. The first-order chi connectivity index (χ1) is 39.9. The average Bonchev–Trinajstić information content (AvgIpc) is 3.55. The highest BCUT2D eigenvalue weighted by Gasteiger charge is 2.39. The smallest absolute Gasteiger partial charge is 0.199 e. The number of rotatable bonds is 7. The third-order valence-electron chi connectivity index (χ3n) is 17.7. The molecule has 0 unspecified atom stereocenters. The molecule has 0 spiro atoms. The third-order valence-corrected chi connectivity index (χ3v) is 17.7. The van der Waals surface area contributed by atoms with E-state index < -0.39 is 0 Å². The molecule has 15 rings (SSSR count). The quantitative estimate of drug-likeness (QED) is 0.158. The molecule has 10 aromatic carbocycles. The second-order valence-corrected chi connectivity index (χ2v) is 23.5. The molecule has 2 aromatic heterocycles. The Bertz CT molecular complexity index is 4340. The number of aromatic nitrogens is 4. The van der Waals surface area contributed by atoms with Crippen molar-refractivity contribution in [1.82, 2.24) is 19.9 Å². The van der Waals surface area contributed by atoms with Gasteiger partial charge in [0.1, 0.15) is 0 Å². The Kier molecular flexibility index (Phi) is 11.1. The lowest BCUT2D eigenvalue weighted by Crippen LogP contribution is -2.30. The predicted octanol–water partition coefficient (Wildman–Crippen LogP) is 19.4. The number of para-hydroxylation sites is 6. The van der Waals surface area contributed by atoms with Gasteiger partial charge in [-0.1, -0.05) is 217 Å². The minimum Gasteiger partial charge on any atom is -0.310 e.